The van der Waals surface area contributed by atoms with Gasteiger partial charge in [-0.3, -0.25) is 8.98 Å². The van der Waals surface area contributed by atoms with E-state index in [1.54, 1.807) is 13.8 Å². The molecular weight excluding hydrogens is 314 g/mol. The third-order valence-electron chi connectivity index (χ3n) is 3.71. The van der Waals surface area contributed by atoms with Gasteiger partial charge in [0.1, 0.15) is 26.2 Å². The molecule has 1 saturated heterocycles. The molecule has 0 saturated carbocycles. The molecule has 0 aromatic rings. The van der Waals surface area contributed by atoms with E-state index in [0.29, 0.717) is 43.8 Å². The van der Waals surface area contributed by atoms with Crippen LogP contribution in [0.25, 0.3) is 0 Å². The normalized spacial score (nSPS) is 18.4. The van der Waals surface area contributed by atoms with E-state index in [4.69, 9.17) is 9.47 Å². The molecule has 130 valence electrons. The molecule has 1 heterocycles. The van der Waals surface area contributed by atoms with Crippen LogP contribution in [-0.2, 0) is 28.9 Å². The Labute approximate surface area is 131 Å². The first-order valence-corrected chi connectivity index (χ1v) is 8.77. The standard InChI is InChI=1S/C13H25NO7S/c1-12(2)13(15)20-11-7-14(5-9-19-10-6-14)4-3-8-21-22(16,17)18/h12H,3-11H2,1-2H3. The summed E-state index contributed by atoms with van der Waals surface area (Å²) in [5.74, 6) is -0.388. The lowest BCUT2D eigenvalue weighted by atomic mass is 10.2. The Balaban J connectivity index is 2.42. The summed E-state index contributed by atoms with van der Waals surface area (Å²) in [6.07, 6.45) is 0.444. The predicted octanol–water partition coefficient (Wildman–Crippen LogP) is -0.100. The highest BCUT2D eigenvalue weighted by molar-refractivity contribution is 7.80. The van der Waals surface area contributed by atoms with Crippen molar-refractivity contribution in [2.45, 2.75) is 20.3 Å². The molecule has 0 amide bonds. The molecule has 0 bridgehead atoms. The van der Waals surface area contributed by atoms with Gasteiger partial charge < -0.3 is 18.5 Å². The van der Waals surface area contributed by atoms with Crippen molar-refractivity contribution in [3.63, 3.8) is 0 Å². The van der Waals surface area contributed by atoms with E-state index < -0.39 is 10.4 Å². The fourth-order valence-corrected chi connectivity index (χ4v) is 2.68. The van der Waals surface area contributed by atoms with Crippen LogP contribution < -0.4 is 0 Å². The van der Waals surface area contributed by atoms with Gasteiger partial charge in [-0.25, -0.2) is 8.42 Å². The van der Waals surface area contributed by atoms with Crippen LogP contribution in [0.1, 0.15) is 20.3 Å². The molecule has 0 aromatic carbocycles. The molecule has 0 aromatic heterocycles. The van der Waals surface area contributed by atoms with Crippen LogP contribution in [0.4, 0.5) is 0 Å². The number of esters is 1. The molecule has 1 fully saturated rings. The molecule has 0 radical (unpaired) electrons. The number of hydrogen-bond acceptors (Lipinski definition) is 7. The molecular formula is C13H25NO7S. The minimum absolute atomic E-state index is 0.127. The second-order valence-electron chi connectivity index (χ2n) is 5.75. The van der Waals surface area contributed by atoms with Gasteiger partial charge in [0.25, 0.3) is 0 Å². The van der Waals surface area contributed by atoms with Gasteiger partial charge in [0, 0.05) is 6.42 Å². The Morgan fingerprint density at radius 1 is 1.23 bits per heavy atom. The Morgan fingerprint density at radius 2 is 1.86 bits per heavy atom. The Hall–Kier alpha value is -0.740. The summed E-state index contributed by atoms with van der Waals surface area (Å²) in [6, 6.07) is 0. The van der Waals surface area contributed by atoms with Crippen molar-refractivity contribution in [1.82, 2.24) is 0 Å². The minimum atomic E-state index is -4.64. The van der Waals surface area contributed by atoms with E-state index in [9.17, 15) is 17.8 Å². The maximum absolute atomic E-state index is 11.5. The smallest absolute Gasteiger partial charge is 0.308 e. The zero-order valence-corrected chi connectivity index (χ0v) is 14.0. The first-order valence-electron chi connectivity index (χ1n) is 7.44. The molecule has 8 nitrogen and oxygen atoms in total. The highest BCUT2D eigenvalue weighted by Gasteiger charge is 2.30. The molecule has 9 heteroatoms. The average Bonchev–Trinajstić information content (AvgIpc) is 2.43. The third kappa shape index (κ3) is 7.50. The molecule has 0 unspecified atom stereocenters. The summed E-state index contributed by atoms with van der Waals surface area (Å²) in [5, 5.41) is 0. The lowest BCUT2D eigenvalue weighted by Crippen LogP contribution is -2.57. The van der Waals surface area contributed by atoms with E-state index in [0.717, 1.165) is 13.1 Å². The molecule has 1 aliphatic rings. The Bertz CT molecular complexity index is 443. The van der Waals surface area contributed by atoms with Gasteiger partial charge in [-0.2, -0.15) is 0 Å². The zero-order chi connectivity index (χ0) is 16.6. The van der Waals surface area contributed by atoms with Gasteiger partial charge in [-0.1, -0.05) is 13.8 Å². The van der Waals surface area contributed by atoms with Crippen LogP contribution in [0.5, 0.6) is 0 Å². The van der Waals surface area contributed by atoms with Gasteiger partial charge in [-0.05, 0) is 0 Å². The lowest BCUT2D eigenvalue weighted by Gasteiger charge is -2.41. The third-order valence-corrected chi connectivity index (χ3v) is 4.16. The van der Waals surface area contributed by atoms with E-state index in [1.165, 1.54) is 0 Å². The van der Waals surface area contributed by atoms with Crippen molar-refractivity contribution >= 4 is 16.4 Å². The molecule has 1 aliphatic heterocycles. The molecule has 0 N–H and O–H groups in total. The first-order chi connectivity index (χ1) is 10.2. The summed E-state index contributed by atoms with van der Waals surface area (Å²) in [6.45, 7) is 7.80. The van der Waals surface area contributed by atoms with Crippen LogP contribution in [0.15, 0.2) is 0 Å². The van der Waals surface area contributed by atoms with E-state index in [1.807, 2.05) is 0 Å². The van der Waals surface area contributed by atoms with Gasteiger partial charge >= 0.3 is 5.97 Å². The predicted molar refractivity (Wildman–Crippen MR) is 76.6 cm³/mol. The lowest BCUT2D eigenvalue weighted by molar-refractivity contribution is -0.935. The maximum atomic E-state index is 11.5. The van der Waals surface area contributed by atoms with Crippen LogP contribution in [0, 0.1) is 5.92 Å². The minimum Gasteiger partial charge on any atom is -0.726 e. The Morgan fingerprint density at radius 3 is 2.41 bits per heavy atom. The molecule has 22 heavy (non-hydrogen) atoms. The van der Waals surface area contributed by atoms with Crippen molar-refractivity contribution < 1.29 is 35.9 Å². The number of hydrogen-bond donors (Lipinski definition) is 0. The van der Waals surface area contributed by atoms with Gasteiger partial charge in [0.15, 0.2) is 0 Å². The average molecular weight is 339 g/mol. The van der Waals surface area contributed by atoms with E-state index in [-0.39, 0.29) is 18.5 Å². The number of nitrogens with zero attached hydrogens (tertiary/aromatic N) is 1. The number of morpholine rings is 1. The first kappa shape index (κ1) is 19.3. The summed E-state index contributed by atoms with van der Waals surface area (Å²) in [4.78, 5) is 11.5. The monoisotopic (exact) mass is 339 g/mol. The second kappa shape index (κ2) is 8.78. The number of ether oxygens (including phenoxy) is 2. The topological polar surface area (TPSA) is 102 Å². The summed E-state index contributed by atoms with van der Waals surface area (Å²) < 4.78 is 46.7. The highest BCUT2D eigenvalue weighted by Crippen LogP contribution is 2.13. The van der Waals surface area contributed by atoms with Gasteiger partial charge in [0.2, 0.25) is 10.4 Å². The fourth-order valence-electron chi connectivity index (χ4n) is 2.36. The SMILES string of the molecule is CC(C)C(=O)OCC[N+]1(CCCOS(=O)(=O)[O-])CCOCC1. The fraction of sp³-hybridized carbons (Fsp3) is 0.923. The van der Waals surface area contributed by atoms with Crippen LogP contribution in [0.2, 0.25) is 0 Å². The highest BCUT2D eigenvalue weighted by atomic mass is 32.3. The number of rotatable bonds is 9. The molecule has 0 atom stereocenters. The number of carbonyl (C=O) groups is 1. The zero-order valence-electron chi connectivity index (χ0n) is 13.2. The summed E-state index contributed by atoms with van der Waals surface area (Å²) in [5.41, 5.74) is 0. The van der Waals surface area contributed by atoms with Crippen molar-refractivity contribution in [3.8, 4) is 0 Å². The quantitative estimate of drug-likeness (QED) is 0.190. The second-order valence-corrected chi connectivity index (χ2v) is 6.81. The van der Waals surface area contributed by atoms with Crippen LogP contribution in [-0.4, -0.2) is 76.0 Å². The van der Waals surface area contributed by atoms with Crippen LogP contribution in [0.3, 0.4) is 0 Å². The van der Waals surface area contributed by atoms with Crippen molar-refractivity contribution in [3.05, 3.63) is 0 Å². The van der Waals surface area contributed by atoms with Crippen molar-refractivity contribution in [1.29, 1.82) is 0 Å². The summed E-state index contributed by atoms with van der Waals surface area (Å²) >= 11 is 0. The van der Waals surface area contributed by atoms with Crippen molar-refractivity contribution in [2.24, 2.45) is 5.92 Å². The summed E-state index contributed by atoms with van der Waals surface area (Å²) in [7, 11) is -4.64. The van der Waals surface area contributed by atoms with E-state index in [2.05, 4.69) is 4.18 Å². The van der Waals surface area contributed by atoms with Gasteiger partial charge in [-0.15, -0.1) is 0 Å². The Kier molecular flexibility index (Phi) is 7.70. The van der Waals surface area contributed by atoms with E-state index >= 15 is 0 Å². The molecule has 0 aliphatic carbocycles. The van der Waals surface area contributed by atoms with Gasteiger partial charge in [0.05, 0.1) is 32.3 Å². The molecule has 0 spiro atoms. The number of carbonyl (C=O) groups excluding carboxylic acids is 1. The number of quaternary nitrogens is 1. The molecule has 1 rings (SSSR count). The maximum Gasteiger partial charge on any atom is 0.308 e. The van der Waals surface area contributed by atoms with Crippen molar-refractivity contribution in [2.75, 3.05) is 52.6 Å². The van der Waals surface area contributed by atoms with Crippen LogP contribution >= 0.6 is 0 Å². The largest absolute Gasteiger partial charge is 0.726 e.